The van der Waals surface area contributed by atoms with Gasteiger partial charge in [-0.05, 0) is 36.6 Å². The van der Waals surface area contributed by atoms with E-state index in [-0.39, 0.29) is 16.9 Å². The van der Waals surface area contributed by atoms with Crippen molar-refractivity contribution in [1.82, 2.24) is 4.90 Å². The maximum absolute atomic E-state index is 13.2. The van der Waals surface area contributed by atoms with Crippen LogP contribution in [0.3, 0.4) is 0 Å². The van der Waals surface area contributed by atoms with E-state index in [1.807, 2.05) is 24.3 Å². The summed E-state index contributed by atoms with van der Waals surface area (Å²) in [5.41, 5.74) is 2.31. The van der Waals surface area contributed by atoms with Crippen molar-refractivity contribution in [1.29, 1.82) is 0 Å². The van der Waals surface area contributed by atoms with Gasteiger partial charge in [-0.15, -0.1) is 0 Å². The molecule has 0 aliphatic heterocycles. The Morgan fingerprint density at radius 1 is 0.897 bits per heavy atom. The first-order chi connectivity index (χ1) is 14.2. The van der Waals surface area contributed by atoms with E-state index in [1.54, 1.807) is 41.7 Å². The summed E-state index contributed by atoms with van der Waals surface area (Å²) in [5, 5.41) is 0.408. The number of fused-ring (bicyclic) bond motifs is 1. The average molecular weight is 387 g/mol. The minimum Gasteiger partial charge on any atom is -0.472 e. The van der Waals surface area contributed by atoms with Gasteiger partial charge in [-0.25, -0.2) is 0 Å². The van der Waals surface area contributed by atoms with Gasteiger partial charge in [0.25, 0.3) is 5.91 Å². The van der Waals surface area contributed by atoms with Gasteiger partial charge >= 0.3 is 0 Å². The number of aryl methyl sites for hydroxylation is 1. The maximum Gasteiger partial charge on any atom is 0.261 e. The summed E-state index contributed by atoms with van der Waals surface area (Å²) >= 11 is 0. The number of carbonyl (C=O) groups is 1. The molecule has 0 N–H and O–H groups in total. The predicted molar refractivity (Wildman–Crippen MR) is 111 cm³/mol. The predicted octanol–water partition coefficient (Wildman–Crippen LogP) is 4.66. The van der Waals surface area contributed by atoms with Gasteiger partial charge in [0.1, 0.15) is 17.4 Å². The molecule has 4 aromatic rings. The molecule has 0 saturated carbocycles. The Bertz CT molecular complexity index is 1150. The fourth-order valence-corrected chi connectivity index (χ4v) is 3.37. The molecule has 0 aliphatic rings. The number of rotatable bonds is 7. The van der Waals surface area contributed by atoms with Crippen molar-refractivity contribution in [2.75, 3.05) is 6.54 Å². The van der Waals surface area contributed by atoms with E-state index in [9.17, 15) is 9.59 Å². The Morgan fingerprint density at radius 2 is 1.69 bits per heavy atom. The highest BCUT2D eigenvalue weighted by Crippen LogP contribution is 2.15. The molecule has 29 heavy (non-hydrogen) atoms. The van der Waals surface area contributed by atoms with Crippen LogP contribution < -0.4 is 5.43 Å². The summed E-state index contributed by atoms with van der Waals surface area (Å²) in [4.78, 5) is 27.7. The number of benzene rings is 2. The number of amides is 1. The SMILES string of the molecule is O=C(c1coc2ccccc2c1=O)N(CCCc1ccccc1)Cc1ccoc1. The van der Waals surface area contributed by atoms with E-state index >= 15 is 0 Å². The lowest BCUT2D eigenvalue weighted by molar-refractivity contribution is 0.0737. The van der Waals surface area contributed by atoms with Crippen molar-refractivity contribution in [3.05, 3.63) is 106 Å². The van der Waals surface area contributed by atoms with Crippen LogP contribution in [-0.4, -0.2) is 17.4 Å². The fourth-order valence-electron chi connectivity index (χ4n) is 3.37. The lowest BCUT2D eigenvalue weighted by Gasteiger charge is -2.22. The molecule has 5 heteroatoms. The van der Waals surface area contributed by atoms with Crippen molar-refractivity contribution >= 4 is 16.9 Å². The number of para-hydroxylation sites is 1. The van der Waals surface area contributed by atoms with Crippen LogP contribution in [0.4, 0.5) is 0 Å². The third-order valence-electron chi connectivity index (χ3n) is 4.89. The number of carbonyl (C=O) groups excluding carboxylic acids is 1. The first-order valence-electron chi connectivity index (χ1n) is 9.57. The zero-order valence-corrected chi connectivity index (χ0v) is 15.9. The minimum absolute atomic E-state index is 0.0481. The second-order valence-corrected chi connectivity index (χ2v) is 6.92. The molecule has 0 fully saturated rings. The summed E-state index contributed by atoms with van der Waals surface area (Å²) in [6, 6.07) is 18.9. The molecule has 0 unspecified atom stereocenters. The molecular formula is C24H21NO4. The van der Waals surface area contributed by atoms with Crippen LogP contribution in [0.2, 0.25) is 0 Å². The van der Waals surface area contributed by atoms with E-state index in [4.69, 9.17) is 8.83 Å². The summed E-state index contributed by atoms with van der Waals surface area (Å²) in [6.45, 7) is 0.890. The first kappa shape index (κ1) is 18.7. The van der Waals surface area contributed by atoms with E-state index < -0.39 is 0 Å². The van der Waals surface area contributed by atoms with Gasteiger partial charge in [0.05, 0.1) is 17.9 Å². The van der Waals surface area contributed by atoms with Crippen LogP contribution in [0.1, 0.15) is 27.9 Å². The van der Waals surface area contributed by atoms with E-state index in [2.05, 4.69) is 12.1 Å². The van der Waals surface area contributed by atoms with E-state index in [1.165, 1.54) is 11.8 Å². The summed E-state index contributed by atoms with van der Waals surface area (Å²) < 4.78 is 10.7. The molecule has 2 aromatic heterocycles. The van der Waals surface area contributed by atoms with Gasteiger partial charge in [0.2, 0.25) is 5.43 Å². The lowest BCUT2D eigenvalue weighted by atomic mass is 10.1. The molecule has 0 spiro atoms. The van der Waals surface area contributed by atoms with Crippen LogP contribution in [0.25, 0.3) is 11.0 Å². The highest BCUT2D eigenvalue weighted by Gasteiger charge is 2.21. The second kappa shape index (κ2) is 8.61. The normalized spacial score (nSPS) is 10.9. The molecule has 0 saturated heterocycles. The van der Waals surface area contributed by atoms with Crippen molar-refractivity contribution in [2.45, 2.75) is 19.4 Å². The first-order valence-corrected chi connectivity index (χ1v) is 9.57. The highest BCUT2D eigenvalue weighted by molar-refractivity contribution is 5.96. The Balaban J connectivity index is 1.57. The highest BCUT2D eigenvalue weighted by atomic mass is 16.3. The van der Waals surface area contributed by atoms with E-state index in [0.29, 0.717) is 24.1 Å². The molecule has 2 aromatic carbocycles. The van der Waals surface area contributed by atoms with Gasteiger partial charge in [0.15, 0.2) is 0 Å². The van der Waals surface area contributed by atoms with Crippen LogP contribution in [-0.2, 0) is 13.0 Å². The van der Waals surface area contributed by atoms with Gasteiger partial charge in [0, 0.05) is 18.7 Å². The molecule has 0 atom stereocenters. The third kappa shape index (κ3) is 4.29. The van der Waals surface area contributed by atoms with Crippen LogP contribution in [0, 0.1) is 0 Å². The second-order valence-electron chi connectivity index (χ2n) is 6.92. The Kier molecular flexibility index (Phi) is 5.56. The van der Waals surface area contributed by atoms with Crippen molar-refractivity contribution in [3.8, 4) is 0 Å². The molecule has 0 aliphatic carbocycles. The lowest BCUT2D eigenvalue weighted by Crippen LogP contribution is -2.34. The zero-order valence-electron chi connectivity index (χ0n) is 15.9. The quantitative estimate of drug-likeness (QED) is 0.463. The van der Waals surface area contributed by atoms with Crippen molar-refractivity contribution in [3.63, 3.8) is 0 Å². The smallest absolute Gasteiger partial charge is 0.261 e. The summed E-state index contributed by atoms with van der Waals surface area (Å²) in [5.74, 6) is -0.334. The molecule has 1 amide bonds. The van der Waals surface area contributed by atoms with Gasteiger partial charge in [-0.2, -0.15) is 0 Å². The number of furan rings is 1. The topological polar surface area (TPSA) is 63.7 Å². The van der Waals surface area contributed by atoms with Gasteiger partial charge in [-0.3, -0.25) is 9.59 Å². The average Bonchev–Trinajstić information content (AvgIpc) is 3.27. The van der Waals surface area contributed by atoms with Crippen LogP contribution >= 0.6 is 0 Å². The monoisotopic (exact) mass is 387 g/mol. The molecule has 0 radical (unpaired) electrons. The molecular weight excluding hydrogens is 366 g/mol. The number of hydrogen-bond acceptors (Lipinski definition) is 4. The van der Waals surface area contributed by atoms with E-state index in [0.717, 1.165) is 18.4 Å². The van der Waals surface area contributed by atoms with Gasteiger partial charge < -0.3 is 13.7 Å². The summed E-state index contributed by atoms with van der Waals surface area (Å²) in [7, 11) is 0. The maximum atomic E-state index is 13.2. The third-order valence-corrected chi connectivity index (χ3v) is 4.89. The number of nitrogens with zero attached hydrogens (tertiary/aromatic N) is 1. The van der Waals surface area contributed by atoms with Crippen LogP contribution in [0.5, 0.6) is 0 Å². The molecule has 5 nitrogen and oxygen atoms in total. The Labute approximate surface area is 168 Å². The largest absolute Gasteiger partial charge is 0.472 e. The van der Waals surface area contributed by atoms with Gasteiger partial charge in [-0.1, -0.05) is 42.5 Å². The Morgan fingerprint density at radius 3 is 2.48 bits per heavy atom. The zero-order chi connectivity index (χ0) is 20.1. The number of hydrogen-bond donors (Lipinski definition) is 0. The minimum atomic E-state index is -0.334. The van der Waals surface area contributed by atoms with Crippen molar-refractivity contribution in [2.24, 2.45) is 0 Å². The summed E-state index contributed by atoms with van der Waals surface area (Å²) in [6.07, 6.45) is 6.09. The van der Waals surface area contributed by atoms with Crippen LogP contribution in [0.15, 0.2) is 93.1 Å². The standard InChI is InChI=1S/C24H21NO4/c26-23-20-10-4-5-11-22(20)29-17-21(23)24(27)25(15-19-12-14-28-16-19)13-6-9-18-7-2-1-3-8-18/h1-5,7-8,10-12,14,16-17H,6,9,13,15H2. The Hall–Kier alpha value is -3.60. The molecule has 2 heterocycles. The molecule has 146 valence electrons. The molecule has 0 bridgehead atoms. The fraction of sp³-hybridized carbons (Fsp3) is 0.167. The van der Waals surface area contributed by atoms with Crippen molar-refractivity contribution < 1.29 is 13.6 Å². The molecule has 4 rings (SSSR count).